The molecule has 3 N–H and O–H groups in total. The fourth-order valence-electron chi connectivity index (χ4n) is 5.88. The number of nitrogens with two attached hydrogens (primary N) is 1. The van der Waals surface area contributed by atoms with Crippen molar-refractivity contribution >= 4 is 17.5 Å². The van der Waals surface area contributed by atoms with Crippen LogP contribution in [0, 0.1) is 11.3 Å². The summed E-state index contributed by atoms with van der Waals surface area (Å²) >= 11 is 0. The van der Waals surface area contributed by atoms with Crippen molar-refractivity contribution < 1.29 is 32.5 Å². The number of anilines is 2. The number of halogens is 3. The molecular weight excluding hydrogens is 565 g/mol. The van der Waals surface area contributed by atoms with E-state index >= 15 is 13.2 Å². The Bertz CT molecular complexity index is 1560. The second-order valence-electron chi connectivity index (χ2n) is 10.6. The fraction of sp³-hybridized carbons (Fsp3) is 0.400. The predicted octanol–water partition coefficient (Wildman–Crippen LogP) is 4.97. The Labute approximate surface area is 246 Å². The van der Waals surface area contributed by atoms with Crippen LogP contribution in [0.4, 0.5) is 29.3 Å². The molecule has 1 unspecified atom stereocenters. The lowest BCUT2D eigenvalue weighted by Gasteiger charge is -2.46. The molecule has 0 bridgehead atoms. The van der Waals surface area contributed by atoms with Crippen LogP contribution in [0.1, 0.15) is 59.8 Å². The Hall–Kier alpha value is -4.41. The van der Waals surface area contributed by atoms with Crippen molar-refractivity contribution in [3.63, 3.8) is 0 Å². The van der Waals surface area contributed by atoms with E-state index in [4.69, 9.17) is 15.2 Å². The van der Waals surface area contributed by atoms with Crippen molar-refractivity contribution in [3.05, 3.63) is 76.9 Å². The SMILES string of the molecule is CC[C@]1(N)C[C@H](c2ncc(N3CCOCC3)c(C(c3cccc(C#N)c3)C(F)(F)F)n2)c2cc(OC)ccc2N1C(=O)O. The minimum Gasteiger partial charge on any atom is -0.497 e. The van der Waals surface area contributed by atoms with Gasteiger partial charge in [0.15, 0.2) is 0 Å². The smallest absolute Gasteiger partial charge is 0.413 e. The maximum Gasteiger partial charge on any atom is 0.413 e. The summed E-state index contributed by atoms with van der Waals surface area (Å²) in [6, 6.07) is 12.1. The molecule has 0 spiro atoms. The van der Waals surface area contributed by atoms with Crippen LogP contribution in [0.15, 0.2) is 48.7 Å². The van der Waals surface area contributed by atoms with Gasteiger partial charge in [-0.15, -0.1) is 0 Å². The number of morpholine rings is 1. The summed E-state index contributed by atoms with van der Waals surface area (Å²) in [5.74, 6) is -2.41. The first-order valence-corrected chi connectivity index (χ1v) is 13.8. The molecule has 3 aromatic rings. The Balaban J connectivity index is 1.75. The molecule has 2 aliphatic rings. The Kier molecular flexibility index (Phi) is 8.18. The Morgan fingerprint density at radius 1 is 1.26 bits per heavy atom. The zero-order valence-corrected chi connectivity index (χ0v) is 23.6. The molecule has 0 radical (unpaired) electrons. The molecular formula is C30H31F3N6O4. The molecule has 226 valence electrons. The number of aromatic nitrogens is 2. The first-order valence-electron chi connectivity index (χ1n) is 13.8. The lowest BCUT2D eigenvalue weighted by atomic mass is 9.80. The normalized spacial score (nSPS) is 21.1. The van der Waals surface area contributed by atoms with Gasteiger partial charge < -0.3 is 25.2 Å². The van der Waals surface area contributed by atoms with E-state index in [-0.39, 0.29) is 46.9 Å². The molecule has 1 amide bonds. The summed E-state index contributed by atoms with van der Waals surface area (Å²) in [6.07, 6.45) is -4.38. The number of methoxy groups -OCH3 is 1. The van der Waals surface area contributed by atoms with Gasteiger partial charge in [-0.25, -0.2) is 14.8 Å². The maximum absolute atomic E-state index is 15.0. The summed E-state index contributed by atoms with van der Waals surface area (Å²) in [7, 11) is 1.46. The number of carbonyl (C=O) groups is 1. The van der Waals surface area contributed by atoms with E-state index in [1.165, 1.54) is 37.6 Å². The van der Waals surface area contributed by atoms with Gasteiger partial charge in [-0.2, -0.15) is 18.4 Å². The van der Waals surface area contributed by atoms with Crippen molar-refractivity contribution in [1.82, 2.24) is 9.97 Å². The zero-order valence-electron chi connectivity index (χ0n) is 23.6. The monoisotopic (exact) mass is 596 g/mol. The molecule has 3 heterocycles. The molecule has 0 aliphatic carbocycles. The first kappa shape index (κ1) is 30.1. The number of carboxylic acid groups (broad SMARTS) is 1. The molecule has 2 aromatic carbocycles. The van der Waals surface area contributed by atoms with Gasteiger partial charge in [0.1, 0.15) is 23.2 Å². The molecule has 43 heavy (non-hydrogen) atoms. The lowest BCUT2D eigenvalue weighted by Crippen LogP contribution is -2.61. The third kappa shape index (κ3) is 5.68. The molecule has 1 aromatic heterocycles. The van der Waals surface area contributed by atoms with E-state index in [2.05, 4.69) is 9.97 Å². The standard InChI is InChI=1S/C30H31F3N6O4/c1-3-29(35)15-22(21-14-20(42-2)7-8-23(21)39(29)28(40)41)27-36-17-24(38-9-11-43-12-10-38)26(37-27)25(30(31,32)33)19-6-4-5-18(13-19)16-34/h4-8,13-14,17,22,25H,3,9-12,15,35H2,1-2H3,(H,40,41)/t22-,25?,29+/m0/s1. The van der Waals surface area contributed by atoms with Gasteiger partial charge >= 0.3 is 12.3 Å². The van der Waals surface area contributed by atoms with Gasteiger partial charge in [0.2, 0.25) is 0 Å². The minimum atomic E-state index is -4.77. The molecule has 0 saturated carbocycles. The predicted molar refractivity (Wildman–Crippen MR) is 151 cm³/mol. The van der Waals surface area contributed by atoms with Crippen LogP contribution in [0.3, 0.4) is 0 Å². The maximum atomic E-state index is 15.0. The highest BCUT2D eigenvalue weighted by molar-refractivity contribution is 5.90. The number of alkyl halides is 3. The molecule has 13 heteroatoms. The Morgan fingerprint density at radius 3 is 2.63 bits per heavy atom. The number of hydrogen-bond donors (Lipinski definition) is 2. The summed E-state index contributed by atoms with van der Waals surface area (Å²) in [6.45, 7) is 3.09. The third-order valence-electron chi connectivity index (χ3n) is 8.09. The highest BCUT2D eigenvalue weighted by atomic mass is 19.4. The van der Waals surface area contributed by atoms with Gasteiger partial charge in [0.05, 0.1) is 55.2 Å². The van der Waals surface area contributed by atoms with Gasteiger partial charge in [-0.05, 0) is 54.3 Å². The van der Waals surface area contributed by atoms with Crippen molar-refractivity contribution in [3.8, 4) is 11.8 Å². The molecule has 2 aliphatic heterocycles. The number of amides is 1. The van der Waals surface area contributed by atoms with E-state index in [0.29, 0.717) is 37.6 Å². The van der Waals surface area contributed by atoms with Crippen LogP contribution in [-0.2, 0) is 4.74 Å². The molecule has 3 atom stereocenters. The topological polar surface area (TPSA) is 138 Å². The van der Waals surface area contributed by atoms with E-state index in [0.717, 1.165) is 4.90 Å². The molecule has 10 nitrogen and oxygen atoms in total. The average molecular weight is 597 g/mol. The van der Waals surface area contributed by atoms with Crippen molar-refractivity contribution in [1.29, 1.82) is 5.26 Å². The minimum absolute atomic E-state index is 0.0207. The number of hydrogen-bond acceptors (Lipinski definition) is 8. The third-order valence-corrected chi connectivity index (χ3v) is 8.09. The molecule has 5 rings (SSSR count). The second-order valence-corrected chi connectivity index (χ2v) is 10.6. The highest BCUT2D eigenvalue weighted by Crippen LogP contribution is 2.48. The second kappa shape index (κ2) is 11.7. The van der Waals surface area contributed by atoms with Crippen LogP contribution in [0.5, 0.6) is 5.75 Å². The first-order chi connectivity index (χ1) is 20.5. The number of nitrogens with zero attached hydrogens (tertiary/aromatic N) is 5. The molecule has 1 fully saturated rings. The zero-order chi connectivity index (χ0) is 30.9. The van der Waals surface area contributed by atoms with Crippen LogP contribution in [0.25, 0.3) is 0 Å². The van der Waals surface area contributed by atoms with Gasteiger partial charge in [0, 0.05) is 19.0 Å². The molecule has 1 saturated heterocycles. The fourth-order valence-corrected chi connectivity index (χ4v) is 5.88. The van der Waals surface area contributed by atoms with Crippen molar-refractivity contribution in [2.24, 2.45) is 5.73 Å². The van der Waals surface area contributed by atoms with Crippen molar-refractivity contribution in [2.45, 2.75) is 43.4 Å². The summed E-state index contributed by atoms with van der Waals surface area (Å²) in [4.78, 5) is 24.5. The quantitative estimate of drug-likeness (QED) is 0.404. The number of fused-ring (bicyclic) bond motifs is 1. The van der Waals surface area contributed by atoms with Crippen LogP contribution < -0.4 is 20.3 Å². The summed E-state index contributed by atoms with van der Waals surface area (Å²) in [5, 5.41) is 19.5. The number of benzene rings is 2. The van der Waals surface area contributed by atoms with E-state index < -0.39 is 29.8 Å². The number of rotatable bonds is 6. The number of nitriles is 1. The highest BCUT2D eigenvalue weighted by Gasteiger charge is 2.48. The summed E-state index contributed by atoms with van der Waals surface area (Å²) < 4.78 is 55.8. The van der Waals surface area contributed by atoms with E-state index in [9.17, 15) is 15.2 Å². The van der Waals surface area contributed by atoms with Gasteiger partial charge in [-0.3, -0.25) is 4.90 Å². The van der Waals surface area contributed by atoms with Gasteiger partial charge in [0.25, 0.3) is 0 Å². The van der Waals surface area contributed by atoms with Crippen LogP contribution in [0.2, 0.25) is 0 Å². The lowest BCUT2D eigenvalue weighted by molar-refractivity contribution is -0.141. The van der Waals surface area contributed by atoms with Crippen molar-refractivity contribution in [2.75, 3.05) is 43.2 Å². The van der Waals surface area contributed by atoms with E-state index in [1.807, 2.05) is 6.07 Å². The van der Waals surface area contributed by atoms with Crippen LogP contribution >= 0.6 is 0 Å². The summed E-state index contributed by atoms with van der Waals surface area (Å²) in [5.41, 5.74) is 5.95. The van der Waals surface area contributed by atoms with Crippen LogP contribution in [-0.4, -0.2) is 66.4 Å². The van der Waals surface area contributed by atoms with Gasteiger partial charge in [-0.1, -0.05) is 19.1 Å². The Morgan fingerprint density at radius 2 is 2.00 bits per heavy atom. The number of ether oxygens (including phenoxy) is 2. The largest absolute Gasteiger partial charge is 0.497 e. The van der Waals surface area contributed by atoms with E-state index in [1.54, 1.807) is 30.0 Å². The average Bonchev–Trinajstić information content (AvgIpc) is 3.00.